The fourth-order valence-corrected chi connectivity index (χ4v) is 1.41. The van der Waals surface area contributed by atoms with E-state index in [0.717, 1.165) is 12.1 Å². The quantitative estimate of drug-likeness (QED) is 0.477. The van der Waals surface area contributed by atoms with Gasteiger partial charge >= 0.3 is 11.4 Å². The highest BCUT2D eigenvalue weighted by Crippen LogP contribution is 2.21. The summed E-state index contributed by atoms with van der Waals surface area (Å²) in [7, 11) is -2.66. The molecule has 23 heavy (non-hydrogen) atoms. The lowest BCUT2D eigenvalue weighted by Gasteiger charge is -1.99. The number of ether oxygens (including phenoxy) is 1. The lowest BCUT2D eigenvalue weighted by Crippen LogP contribution is -1.99. The van der Waals surface area contributed by atoms with Crippen LogP contribution in [-0.2, 0) is 0 Å². The molecule has 0 spiro atoms. The summed E-state index contributed by atoms with van der Waals surface area (Å²) in [5, 5.41) is 20.7. The third-order valence-electron chi connectivity index (χ3n) is 2.24. The molecule has 0 fully saturated rings. The summed E-state index contributed by atoms with van der Waals surface area (Å²) in [6.07, 6.45) is 0. The van der Waals surface area contributed by atoms with Gasteiger partial charge in [0.05, 0.1) is 21.0 Å². The predicted molar refractivity (Wildman–Crippen MR) is 82.2 cm³/mol. The topological polar surface area (TPSA) is 173 Å². The molecular weight excluding hydrogens is 332 g/mol. The summed E-state index contributed by atoms with van der Waals surface area (Å²) in [6, 6.07) is 4.63. The summed E-state index contributed by atoms with van der Waals surface area (Å²) in [6.45, 7) is 0. The monoisotopic (exact) mass is 345 g/mol. The molecule has 0 aliphatic carbocycles. The Morgan fingerprint density at radius 1 is 1.09 bits per heavy atom. The van der Waals surface area contributed by atoms with Crippen LogP contribution in [0, 0.1) is 20.2 Å². The van der Waals surface area contributed by atoms with Gasteiger partial charge in [0.1, 0.15) is 5.15 Å². The van der Waals surface area contributed by atoms with Crippen molar-refractivity contribution < 1.29 is 18.7 Å². The fraction of sp³-hybridized carbons (Fsp3) is 0.0909. The van der Waals surface area contributed by atoms with Crippen LogP contribution in [0.5, 0.6) is 5.88 Å². The molecule has 0 aliphatic heterocycles. The van der Waals surface area contributed by atoms with E-state index >= 15 is 0 Å². The number of anilines is 2. The number of nitrogens with two attached hydrogens (primary N) is 2. The lowest BCUT2D eigenvalue weighted by atomic mass is 10.4. The van der Waals surface area contributed by atoms with Gasteiger partial charge in [-0.1, -0.05) is 11.6 Å². The predicted octanol–water partition coefficient (Wildman–Crippen LogP) is 1.81. The van der Waals surface area contributed by atoms with E-state index in [-0.39, 0.29) is 28.4 Å². The zero-order valence-corrected chi connectivity index (χ0v) is 11.9. The van der Waals surface area contributed by atoms with Gasteiger partial charge in [0.15, 0.2) is 0 Å². The molecule has 0 aliphatic rings. The molecule has 0 bridgehead atoms. The summed E-state index contributed by atoms with van der Waals surface area (Å²) < 4.78 is 24.7. The van der Waals surface area contributed by atoms with Crippen LogP contribution >= 0.6 is 11.6 Å². The highest BCUT2D eigenvalue weighted by molar-refractivity contribution is 6.29. The second kappa shape index (κ2) is 7.70. The first-order valence-corrected chi connectivity index (χ1v) is 5.95. The summed E-state index contributed by atoms with van der Waals surface area (Å²) in [5.74, 6) is -0.831. The maximum absolute atomic E-state index is 10.4. The number of nitro groups is 2. The third kappa shape index (κ3) is 4.93. The molecule has 2 aromatic rings. The van der Waals surface area contributed by atoms with E-state index in [1.54, 1.807) is 0 Å². The van der Waals surface area contributed by atoms with Crippen LogP contribution in [0.15, 0.2) is 24.3 Å². The fourth-order valence-electron chi connectivity index (χ4n) is 1.26. The first kappa shape index (κ1) is 13.5. The van der Waals surface area contributed by atoms with E-state index in [4.69, 9.17) is 27.2 Å². The van der Waals surface area contributed by atoms with Gasteiger partial charge in [-0.15, -0.1) is 0 Å². The summed E-state index contributed by atoms with van der Waals surface area (Å²) in [4.78, 5) is 26.1. The minimum Gasteiger partial charge on any atom is -0.481 e. The number of hydrogen-bond acceptors (Lipinski definition) is 9. The van der Waals surface area contributed by atoms with E-state index in [9.17, 15) is 20.2 Å². The van der Waals surface area contributed by atoms with Gasteiger partial charge in [0.25, 0.3) is 0 Å². The van der Waals surface area contributed by atoms with Gasteiger partial charge in [-0.05, 0) is 6.07 Å². The number of pyridine rings is 2. The molecular formula is C11H11ClN6O5. The average Bonchev–Trinajstić information content (AvgIpc) is 2.45. The van der Waals surface area contributed by atoms with Gasteiger partial charge in [0.2, 0.25) is 17.5 Å². The average molecular weight is 346 g/mol. The third-order valence-corrected chi connectivity index (χ3v) is 2.45. The molecule has 2 rings (SSSR count). The molecule has 122 valence electrons. The minimum atomic E-state index is -2.66. The molecule has 0 atom stereocenters. The number of hydrogen-bond donors (Lipinski definition) is 2. The Balaban J connectivity index is 0.000000273. The Morgan fingerprint density at radius 2 is 1.61 bits per heavy atom. The van der Waals surface area contributed by atoms with E-state index in [1.807, 2.05) is 0 Å². The summed E-state index contributed by atoms with van der Waals surface area (Å²) >= 11 is 5.41. The largest absolute Gasteiger partial charge is 0.481 e. The van der Waals surface area contributed by atoms with Crippen molar-refractivity contribution >= 4 is 34.6 Å². The van der Waals surface area contributed by atoms with Crippen molar-refractivity contribution in [1.82, 2.24) is 9.97 Å². The summed E-state index contributed by atoms with van der Waals surface area (Å²) in [5.41, 5.74) is 9.79. The Morgan fingerprint density at radius 3 is 2.04 bits per heavy atom. The van der Waals surface area contributed by atoms with Crippen LogP contribution in [0.2, 0.25) is 5.15 Å². The van der Waals surface area contributed by atoms with E-state index in [0.29, 0.717) is 0 Å². The van der Waals surface area contributed by atoms with E-state index < -0.39 is 22.6 Å². The van der Waals surface area contributed by atoms with Crippen molar-refractivity contribution in [1.29, 1.82) is 0 Å². The van der Waals surface area contributed by atoms with Crippen molar-refractivity contribution in [3.63, 3.8) is 0 Å². The maximum atomic E-state index is 10.4. The van der Waals surface area contributed by atoms with Crippen molar-refractivity contribution in [3.8, 4) is 5.88 Å². The van der Waals surface area contributed by atoms with Crippen LogP contribution in [0.25, 0.3) is 0 Å². The number of halogens is 1. The maximum Gasteiger partial charge on any atom is 0.311 e. The molecule has 2 heterocycles. The molecule has 2 aromatic heterocycles. The molecule has 4 N–H and O–H groups in total. The molecule has 11 nitrogen and oxygen atoms in total. The van der Waals surface area contributed by atoms with Crippen LogP contribution in [0.4, 0.5) is 23.0 Å². The number of methoxy groups -OCH3 is 1. The number of nitrogens with zero attached hydrogens (tertiary/aromatic N) is 4. The first-order chi connectivity index (χ1) is 11.9. The minimum absolute atomic E-state index is 0.146. The molecule has 0 unspecified atom stereocenters. The first-order valence-electron chi connectivity index (χ1n) is 7.07. The molecule has 0 saturated heterocycles. The molecule has 0 amide bonds. The van der Waals surface area contributed by atoms with Crippen molar-refractivity contribution in [3.05, 3.63) is 49.6 Å². The Labute approximate surface area is 138 Å². The Hall–Kier alpha value is -3.21. The zero-order valence-electron chi connectivity index (χ0n) is 14.2. The number of rotatable bonds is 3. The standard InChI is InChI=1S/C6H7N3O3.C5H4ClN3O2/c1-12-5-3-2-4(9(10)11)6(7)8-5;6-4-2-1-3(9(10)11)5(7)8-4/h2-3H,1H3,(H2,7,8);1-2H,(H2,7,8)/i1D3;. The Bertz CT molecular complexity index is 834. The van der Waals surface area contributed by atoms with E-state index in [1.165, 1.54) is 12.1 Å². The van der Waals surface area contributed by atoms with Gasteiger partial charge in [0, 0.05) is 18.2 Å². The lowest BCUT2D eigenvalue weighted by molar-refractivity contribution is -0.384. The Kier molecular flexibility index (Phi) is 4.50. The number of nitrogen functional groups attached to an aromatic ring is 2. The van der Waals surface area contributed by atoms with Crippen LogP contribution in [-0.4, -0.2) is 26.9 Å². The van der Waals surface area contributed by atoms with Crippen LogP contribution in [0.1, 0.15) is 4.11 Å². The van der Waals surface area contributed by atoms with Crippen LogP contribution in [0.3, 0.4) is 0 Å². The van der Waals surface area contributed by atoms with Gasteiger partial charge in [-0.3, -0.25) is 20.2 Å². The van der Waals surface area contributed by atoms with Crippen LogP contribution < -0.4 is 16.2 Å². The zero-order chi connectivity index (χ0) is 20.1. The SMILES string of the molecule is Nc1nc(Cl)ccc1[N+](=O)[O-].[2H]C([2H])([2H])Oc1ccc([N+](=O)[O-])c(N)n1. The molecule has 0 saturated carbocycles. The van der Waals surface area contributed by atoms with Crippen molar-refractivity contribution in [2.45, 2.75) is 0 Å². The second-order valence-corrected chi connectivity index (χ2v) is 4.10. The van der Waals surface area contributed by atoms with E-state index in [2.05, 4.69) is 14.7 Å². The second-order valence-electron chi connectivity index (χ2n) is 3.71. The molecule has 12 heteroatoms. The smallest absolute Gasteiger partial charge is 0.311 e. The van der Waals surface area contributed by atoms with Crippen molar-refractivity contribution in [2.24, 2.45) is 0 Å². The van der Waals surface area contributed by atoms with Gasteiger partial charge < -0.3 is 16.2 Å². The molecule has 0 aromatic carbocycles. The van der Waals surface area contributed by atoms with Gasteiger partial charge in [-0.2, -0.15) is 4.98 Å². The van der Waals surface area contributed by atoms with Gasteiger partial charge in [-0.25, -0.2) is 4.98 Å². The molecule has 0 radical (unpaired) electrons. The van der Waals surface area contributed by atoms with Crippen molar-refractivity contribution in [2.75, 3.05) is 18.5 Å². The number of aromatic nitrogens is 2. The highest BCUT2D eigenvalue weighted by Gasteiger charge is 2.12. The normalized spacial score (nSPS) is 12.0. The highest BCUT2D eigenvalue weighted by atomic mass is 35.5.